The van der Waals surface area contributed by atoms with Gasteiger partial charge < -0.3 is 9.88 Å². The third-order valence-electron chi connectivity index (χ3n) is 4.51. The Morgan fingerprint density at radius 3 is 2.75 bits per heavy atom. The zero-order valence-corrected chi connectivity index (χ0v) is 12.6. The average molecular weight is 297 g/mol. The van der Waals surface area contributed by atoms with Crippen molar-refractivity contribution in [2.75, 3.05) is 23.4 Å². The van der Waals surface area contributed by atoms with E-state index in [1.807, 2.05) is 12.4 Å². The van der Waals surface area contributed by atoms with Crippen LogP contribution in [0.2, 0.25) is 0 Å². The SMILES string of the molecule is O=S1(=O)CCC(CNc2nccn2C2CCCCC2)C1. The predicted octanol–water partition coefficient (Wildman–Crippen LogP) is 2.23. The van der Waals surface area contributed by atoms with E-state index >= 15 is 0 Å². The maximum atomic E-state index is 11.5. The molecule has 3 rings (SSSR count). The number of aromatic nitrogens is 2. The number of anilines is 1. The van der Waals surface area contributed by atoms with E-state index in [4.69, 9.17) is 0 Å². The standard InChI is InChI=1S/C14H23N3O2S/c18-20(19)9-6-12(11-20)10-16-14-15-7-8-17(14)13-4-2-1-3-5-13/h7-8,12-13H,1-6,9-11H2,(H,15,16). The van der Waals surface area contributed by atoms with Gasteiger partial charge in [0.15, 0.2) is 9.84 Å². The molecule has 0 spiro atoms. The first-order valence-electron chi connectivity index (χ1n) is 7.61. The minimum atomic E-state index is -2.78. The number of hydrogen-bond acceptors (Lipinski definition) is 4. The van der Waals surface area contributed by atoms with E-state index in [9.17, 15) is 8.42 Å². The summed E-state index contributed by atoms with van der Waals surface area (Å²) in [6, 6.07) is 0.557. The van der Waals surface area contributed by atoms with Crippen LogP contribution in [-0.4, -0.2) is 36.0 Å². The topological polar surface area (TPSA) is 64.0 Å². The Hall–Kier alpha value is -1.04. The Morgan fingerprint density at radius 1 is 1.25 bits per heavy atom. The third-order valence-corrected chi connectivity index (χ3v) is 6.35. The normalized spacial score (nSPS) is 26.7. The van der Waals surface area contributed by atoms with Crippen LogP contribution in [-0.2, 0) is 9.84 Å². The summed E-state index contributed by atoms with van der Waals surface area (Å²) < 4.78 is 25.2. The molecule has 0 bridgehead atoms. The lowest BCUT2D eigenvalue weighted by atomic mass is 9.95. The molecule has 20 heavy (non-hydrogen) atoms. The Balaban J connectivity index is 1.59. The van der Waals surface area contributed by atoms with Crippen molar-refractivity contribution < 1.29 is 8.42 Å². The first kappa shape index (κ1) is 13.9. The molecule has 1 saturated heterocycles. The van der Waals surface area contributed by atoms with Gasteiger partial charge in [0.25, 0.3) is 0 Å². The second kappa shape index (κ2) is 5.76. The maximum Gasteiger partial charge on any atom is 0.203 e. The van der Waals surface area contributed by atoms with Crippen molar-refractivity contribution in [1.29, 1.82) is 0 Å². The van der Waals surface area contributed by atoms with E-state index in [1.54, 1.807) is 0 Å². The van der Waals surface area contributed by atoms with Gasteiger partial charge in [0.2, 0.25) is 5.95 Å². The highest BCUT2D eigenvalue weighted by atomic mass is 32.2. The lowest BCUT2D eigenvalue weighted by Gasteiger charge is -2.25. The second-order valence-electron chi connectivity index (χ2n) is 6.10. The zero-order valence-electron chi connectivity index (χ0n) is 11.8. The molecular formula is C14H23N3O2S. The van der Waals surface area contributed by atoms with Crippen molar-refractivity contribution in [2.45, 2.75) is 44.6 Å². The molecular weight excluding hydrogens is 274 g/mol. The highest BCUT2D eigenvalue weighted by Gasteiger charge is 2.28. The summed E-state index contributed by atoms with van der Waals surface area (Å²) in [5, 5.41) is 3.36. The van der Waals surface area contributed by atoms with Gasteiger partial charge in [-0.2, -0.15) is 0 Å². The van der Waals surface area contributed by atoms with Crippen LogP contribution in [0.4, 0.5) is 5.95 Å². The Kier molecular flexibility index (Phi) is 4.01. The number of sulfone groups is 1. The average Bonchev–Trinajstić information content (AvgIpc) is 3.03. The Morgan fingerprint density at radius 2 is 2.05 bits per heavy atom. The van der Waals surface area contributed by atoms with Gasteiger partial charge >= 0.3 is 0 Å². The molecule has 2 aliphatic rings. The van der Waals surface area contributed by atoms with E-state index in [0.717, 1.165) is 12.4 Å². The van der Waals surface area contributed by atoms with Crippen LogP contribution in [0.25, 0.3) is 0 Å². The van der Waals surface area contributed by atoms with E-state index in [1.165, 1.54) is 32.1 Å². The van der Waals surface area contributed by atoms with E-state index in [2.05, 4.69) is 14.9 Å². The third kappa shape index (κ3) is 3.16. The van der Waals surface area contributed by atoms with Gasteiger partial charge in [0.1, 0.15) is 0 Å². The highest BCUT2D eigenvalue weighted by molar-refractivity contribution is 7.91. The van der Waals surface area contributed by atoms with Crippen LogP contribution in [0.15, 0.2) is 12.4 Å². The van der Waals surface area contributed by atoms with Gasteiger partial charge in [0, 0.05) is 25.0 Å². The number of rotatable bonds is 4. The molecule has 1 atom stereocenters. The van der Waals surface area contributed by atoms with Gasteiger partial charge in [-0.25, -0.2) is 13.4 Å². The minimum Gasteiger partial charge on any atom is -0.355 e. The second-order valence-corrected chi connectivity index (χ2v) is 8.33. The van der Waals surface area contributed by atoms with Crippen LogP contribution in [0.1, 0.15) is 44.6 Å². The molecule has 2 fully saturated rings. The molecule has 0 aromatic carbocycles. The molecule has 0 radical (unpaired) electrons. The van der Waals surface area contributed by atoms with E-state index < -0.39 is 9.84 Å². The molecule has 1 aliphatic heterocycles. The molecule has 1 unspecified atom stereocenters. The lowest BCUT2D eigenvalue weighted by molar-refractivity contribution is 0.355. The van der Waals surface area contributed by atoms with Crippen molar-refractivity contribution in [3.63, 3.8) is 0 Å². The minimum absolute atomic E-state index is 0.233. The quantitative estimate of drug-likeness (QED) is 0.925. The fraction of sp³-hybridized carbons (Fsp3) is 0.786. The summed E-state index contributed by atoms with van der Waals surface area (Å²) in [5.41, 5.74) is 0. The maximum absolute atomic E-state index is 11.5. The van der Waals surface area contributed by atoms with E-state index in [-0.39, 0.29) is 5.92 Å². The molecule has 6 heteroatoms. The summed E-state index contributed by atoms with van der Waals surface area (Å²) in [7, 11) is -2.78. The fourth-order valence-corrected chi connectivity index (χ4v) is 5.23. The van der Waals surface area contributed by atoms with Gasteiger partial charge in [-0.1, -0.05) is 19.3 Å². The Bertz CT molecular complexity index is 547. The molecule has 1 N–H and O–H groups in total. The van der Waals surface area contributed by atoms with Gasteiger partial charge in [-0.3, -0.25) is 0 Å². The molecule has 1 aromatic heterocycles. The van der Waals surface area contributed by atoms with Crippen molar-refractivity contribution in [2.24, 2.45) is 5.92 Å². The summed E-state index contributed by atoms with van der Waals surface area (Å²) in [6.07, 6.45) is 11.0. The molecule has 2 heterocycles. The lowest BCUT2D eigenvalue weighted by Crippen LogP contribution is -2.20. The van der Waals surface area contributed by atoms with Crippen molar-refractivity contribution in [3.05, 3.63) is 12.4 Å². The summed E-state index contributed by atoms with van der Waals surface area (Å²) >= 11 is 0. The first-order chi connectivity index (χ1) is 9.64. The van der Waals surface area contributed by atoms with Crippen LogP contribution in [0, 0.1) is 5.92 Å². The van der Waals surface area contributed by atoms with Crippen molar-refractivity contribution in [3.8, 4) is 0 Å². The van der Waals surface area contributed by atoms with Crippen LogP contribution >= 0.6 is 0 Å². The largest absolute Gasteiger partial charge is 0.355 e. The monoisotopic (exact) mass is 297 g/mol. The molecule has 1 aromatic rings. The predicted molar refractivity (Wildman–Crippen MR) is 79.6 cm³/mol. The van der Waals surface area contributed by atoms with Gasteiger partial charge in [-0.15, -0.1) is 0 Å². The van der Waals surface area contributed by atoms with Gasteiger partial charge in [-0.05, 0) is 25.2 Å². The molecule has 0 amide bonds. The number of imidazole rings is 1. The van der Waals surface area contributed by atoms with Crippen LogP contribution in [0.3, 0.4) is 0 Å². The van der Waals surface area contributed by atoms with Crippen molar-refractivity contribution >= 4 is 15.8 Å². The van der Waals surface area contributed by atoms with Gasteiger partial charge in [0.05, 0.1) is 11.5 Å². The smallest absolute Gasteiger partial charge is 0.203 e. The van der Waals surface area contributed by atoms with Crippen LogP contribution in [0.5, 0.6) is 0 Å². The molecule has 112 valence electrons. The van der Waals surface area contributed by atoms with Crippen molar-refractivity contribution in [1.82, 2.24) is 9.55 Å². The zero-order chi connectivity index (χ0) is 14.0. The fourth-order valence-electron chi connectivity index (χ4n) is 3.37. The van der Waals surface area contributed by atoms with E-state index in [0.29, 0.717) is 24.1 Å². The molecule has 1 saturated carbocycles. The first-order valence-corrected chi connectivity index (χ1v) is 9.43. The number of nitrogens with one attached hydrogen (secondary N) is 1. The highest BCUT2D eigenvalue weighted by Crippen LogP contribution is 2.30. The number of nitrogens with zero attached hydrogens (tertiary/aromatic N) is 2. The molecule has 1 aliphatic carbocycles. The summed E-state index contributed by atoms with van der Waals surface area (Å²) in [6.45, 7) is 0.711. The van der Waals surface area contributed by atoms with Crippen LogP contribution < -0.4 is 5.32 Å². The Labute approximate surface area is 120 Å². The molecule has 5 nitrogen and oxygen atoms in total. The summed E-state index contributed by atoms with van der Waals surface area (Å²) in [5.74, 6) is 1.80. The summed E-state index contributed by atoms with van der Waals surface area (Å²) in [4.78, 5) is 4.39. The number of hydrogen-bond donors (Lipinski definition) is 1.